The summed E-state index contributed by atoms with van der Waals surface area (Å²) >= 11 is 11.8. The molecule has 3 rings (SSSR count). The van der Waals surface area contributed by atoms with Gasteiger partial charge in [-0.1, -0.05) is 35.3 Å². The smallest absolute Gasteiger partial charge is 0.338 e. The zero-order valence-electron chi connectivity index (χ0n) is 15.2. The normalized spacial score (nSPS) is 10.3. The number of rotatable bonds is 7. The van der Waals surface area contributed by atoms with E-state index in [-0.39, 0.29) is 33.6 Å². The molecule has 0 N–H and O–H groups in total. The standard InChI is InChI=1S/C21H13Cl2NO6/c22-15-9-7-13(8-10-15)19(25)12-29-21(26)14-3-1-4-16(11-14)30-20-17(23)5-2-6-18(20)24(27)28/h1-11H,12H2. The van der Waals surface area contributed by atoms with Gasteiger partial charge in [-0.25, -0.2) is 4.79 Å². The number of para-hydroxylation sites is 1. The Kier molecular flexibility index (Phi) is 6.66. The Hall–Kier alpha value is -3.42. The highest BCUT2D eigenvalue weighted by molar-refractivity contribution is 6.32. The van der Waals surface area contributed by atoms with Crippen LogP contribution in [0.2, 0.25) is 10.0 Å². The first-order valence-corrected chi connectivity index (χ1v) is 9.27. The van der Waals surface area contributed by atoms with Crippen molar-refractivity contribution in [2.45, 2.75) is 0 Å². The number of carbonyl (C=O) groups excluding carboxylic acids is 2. The van der Waals surface area contributed by atoms with Crippen LogP contribution in [0.3, 0.4) is 0 Å². The molecule has 0 radical (unpaired) electrons. The molecule has 9 heteroatoms. The van der Waals surface area contributed by atoms with Crippen molar-refractivity contribution in [2.24, 2.45) is 0 Å². The molecule has 0 saturated heterocycles. The minimum absolute atomic E-state index is 0.0470. The summed E-state index contributed by atoms with van der Waals surface area (Å²) in [6.45, 7) is -0.457. The molecule has 3 aromatic rings. The number of ether oxygens (including phenoxy) is 2. The molecule has 0 fully saturated rings. The Morgan fingerprint density at radius 2 is 1.63 bits per heavy atom. The lowest BCUT2D eigenvalue weighted by Crippen LogP contribution is -2.14. The Bertz CT molecular complexity index is 1110. The summed E-state index contributed by atoms with van der Waals surface area (Å²) in [7, 11) is 0. The fourth-order valence-electron chi connectivity index (χ4n) is 2.48. The summed E-state index contributed by atoms with van der Waals surface area (Å²) in [5.74, 6) is -1.15. The third-order valence-corrected chi connectivity index (χ3v) is 4.48. The highest BCUT2D eigenvalue weighted by Gasteiger charge is 2.20. The van der Waals surface area contributed by atoms with E-state index in [1.807, 2.05) is 0 Å². The lowest BCUT2D eigenvalue weighted by atomic mass is 10.1. The van der Waals surface area contributed by atoms with Crippen LogP contribution in [0.4, 0.5) is 5.69 Å². The SMILES string of the molecule is O=C(COC(=O)c1cccc(Oc2c(Cl)cccc2[N+](=O)[O-])c1)c1ccc(Cl)cc1. The Labute approximate surface area is 180 Å². The quantitative estimate of drug-likeness (QED) is 0.199. The molecular weight excluding hydrogens is 433 g/mol. The van der Waals surface area contributed by atoms with E-state index in [1.54, 1.807) is 12.1 Å². The number of esters is 1. The molecule has 0 bridgehead atoms. The summed E-state index contributed by atoms with van der Waals surface area (Å²) in [4.78, 5) is 35.0. The van der Waals surface area contributed by atoms with Gasteiger partial charge in [0.05, 0.1) is 15.5 Å². The Morgan fingerprint density at radius 3 is 2.33 bits per heavy atom. The number of hydrogen-bond donors (Lipinski definition) is 0. The van der Waals surface area contributed by atoms with Gasteiger partial charge in [-0.3, -0.25) is 14.9 Å². The molecule has 0 amide bonds. The molecule has 3 aromatic carbocycles. The van der Waals surface area contributed by atoms with Crippen molar-refractivity contribution in [3.8, 4) is 11.5 Å². The molecule has 152 valence electrons. The predicted octanol–water partition coefficient (Wildman–Crippen LogP) is 5.73. The molecule has 0 saturated carbocycles. The second-order valence-electron chi connectivity index (χ2n) is 5.98. The lowest BCUT2D eigenvalue weighted by molar-refractivity contribution is -0.385. The van der Waals surface area contributed by atoms with E-state index in [4.69, 9.17) is 32.7 Å². The van der Waals surface area contributed by atoms with Crippen molar-refractivity contribution in [3.63, 3.8) is 0 Å². The molecule has 0 atom stereocenters. The van der Waals surface area contributed by atoms with Crippen LogP contribution in [0, 0.1) is 10.1 Å². The molecule has 0 aliphatic carbocycles. The van der Waals surface area contributed by atoms with Gasteiger partial charge in [0.2, 0.25) is 5.75 Å². The fraction of sp³-hybridized carbons (Fsp3) is 0.0476. The van der Waals surface area contributed by atoms with Crippen molar-refractivity contribution in [2.75, 3.05) is 6.61 Å². The number of benzene rings is 3. The van der Waals surface area contributed by atoms with Gasteiger partial charge < -0.3 is 9.47 Å². The van der Waals surface area contributed by atoms with Gasteiger partial charge in [-0.05, 0) is 48.5 Å². The van der Waals surface area contributed by atoms with Crippen LogP contribution >= 0.6 is 23.2 Å². The molecule has 0 aliphatic heterocycles. The number of carbonyl (C=O) groups is 2. The molecule has 7 nitrogen and oxygen atoms in total. The summed E-state index contributed by atoms with van der Waals surface area (Å²) < 4.78 is 10.6. The summed E-state index contributed by atoms with van der Waals surface area (Å²) in [5.41, 5.74) is 0.144. The number of nitro benzene ring substituents is 1. The van der Waals surface area contributed by atoms with E-state index in [0.717, 1.165) is 0 Å². The maximum absolute atomic E-state index is 12.3. The molecule has 0 aromatic heterocycles. The number of halogens is 2. The van der Waals surface area contributed by atoms with Gasteiger partial charge in [0, 0.05) is 16.7 Å². The van der Waals surface area contributed by atoms with Crippen molar-refractivity contribution in [1.82, 2.24) is 0 Å². The third kappa shape index (κ3) is 5.14. The van der Waals surface area contributed by atoms with E-state index in [1.165, 1.54) is 54.6 Å². The van der Waals surface area contributed by atoms with E-state index in [9.17, 15) is 19.7 Å². The molecular formula is C21H13Cl2NO6. The van der Waals surface area contributed by atoms with Crippen LogP contribution in [0.25, 0.3) is 0 Å². The maximum Gasteiger partial charge on any atom is 0.338 e. The van der Waals surface area contributed by atoms with Crippen LogP contribution in [-0.4, -0.2) is 23.3 Å². The van der Waals surface area contributed by atoms with E-state index < -0.39 is 17.5 Å². The Balaban J connectivity index is 1.71. The van der Waals surface area contributed by atoms with E-state index in [0.29, 0.717) is 10.6 Å². The maximum atomic E-state index is 12.3. The van der Waals surface area contributed by atoms with Crippen molar-refractivity contribution < 1.29 is 24.0 Å². The second-order valence-corrected chi connectivity index (χ2v) is 6.82. The number of Topliss-reactive ketones (excluding diaryl/α,β-unsaturated/α-hetero) is 1. The third-order valence-electron chi connectivity index (χ3n) is 3.93. The zero-order chi connectivity index (χ0) is 21.7. The first-order chi connectivity index (χ1) is 14.3. The van der Waals surface area contributed by atoms with Crippen molar-refractivity contribution in [1.29, 1.82) is 0 Å². The number of hydrogen-bond acceptors (Lipinski definition) is 6. The van der Waals surface area contributed by atoms with Gasteiger partial charge in [-0.2, -0.15) is 0 Å². The second kappa shape index (κ2) is 9.39. The average molecular weight is 446 g/mol. The fourth-order valence-corrected chi connectivity index (χ4v) is 2.81. The van der Waals surface area contributed by atoms with Crippen LogP contribution in [0.5, 0.6) is 11.5 Å². The lowest BCUT2D eigenvalue weighted by Gasteiger charge is -2.09. The van der Waals surface area contributed by atoms with Gasteiger partial charge >= 0.3 is 11.7 Å². The molecule has 0 aliphatic rings. The molecule has 30 heavy (non-hydrogen) atoms. The van der Waals surface area contributed by atoms with Crippen LogP contribution in [0.1, 0.15) is 20.7 Å². The predicted molar refractivity (Wildman–Crippen MR) is 111 cm³/mol. The summed E-state index contributed by atoms with van der Waals surface area (Å²) in [6.07, 6.45) is 0. The van der Waals surface area contributed by atoms with Gasteiger partial charge in [0.15, 0.2) is 12.4 Å². The first kappa shape index (κ1) is 21.3. The summed E-state index contributed by atoms with van der Waals surface area (Å²) in [5, 5.41) is 11.7. The van der Waals surface area contributed by atoms with E-state index in [2.05, 4.69) is 0 Å². The first-order valence-electron chi connectivity index (χ1n) is 8.52. The minimum atomic E-state index is -0.753. The number of nitrogens with zero attached hydrogens (tertiary/aromatic N) is 1. The number of ketones is 1. The minimum Gasteiger partial charge on any atom is -0.454 e. The monoisotopic (exact) mass is 445 g/mol. The molecule has 0 unspecified atom stereocenters. The molecule has 0 heterocycles. The molecule has 0 spiro atoms. The van der Waals surface area contributed by atoms with E-state index >= 15 is 0 Å². The van der Waals surface area contributed by atoms with Crippen LogP contribution in [0.15, 0.2) is 66.7 Å². The highest BCUT2D eigenvalue weighted by Crippen LogP contribution is 2.37. The average Bonchev–Trinajstić information content (AvgIpc) is 2.73. The largest absolute Gasteiger partial charge is 0.454 e. The van der Waals surface area contributed by atoms with Crippen LogP contribution < -0.4 is 4.74 Å². The van der Waals surface area contributed by atoms with Crippen molar-refractivity contribution >= 4 is 40.6 Å². The van der Waals surface area contributed by atoms with Crippen LogP contribution in [-0.2, 0) is 4.74 Å². The Morgan fingerprint density at radius 1 is 0.933 bits per heavy atom. The summed E-state index contributed by atoms with van der Waals surface area (Å²) in [6, 6.07) is 16.1. The topological polar surface area (TPSA) is 95.7 Å². The highest BCUT2D eigenvalue weighted by atomic mass is 35.5. The van der Waals surface area contributed by atoms with Gasteiger partial charge in [-0.15, -0.1) is 0 Å². The number of nitro groups is 1. The van der Waals surface area contributed by atoms with Crippen molar-refractivity contribution in [3.05, 3.63) is 98.0 Å². The zero-order valence-corrected chi connectivity index (χ0v) is 16.7. The van der Waals surface area contributed by atoms with Gasteiger partial charge in [0.25, 0.3) is 0 Å². The van der Waals surface area contributed by atoms with Gasteiger partial charge in [0.1, 0.15) is 5.75 Å².